The molecule has 0 aliphatic heterocycles. The average Bonchev–Trinajstić information content (AvgIpc) is 2.00. The molecule has 1 rings (SSSR count). The van der Waals surface area contributed by atoms with E-state index in [9.17, 15) is 0 Å². The second-order valence-corrected chi connectivity index (χ2v) is 2.28. The first kappa shape index (κ1) is 14.6. The van der Waals surface area contributed by atoms with Gasteiger partial charge in [0.15, 0.2) is 0 Å². The topological polar surface area (TPSA) is 0 Å². The van der Waals surface area contributed by atoms with Gasteiger partial charge < -0.3 is 12.6 Å². The average molecular weight is 192 g/mol. The van der Waals surface area contributed by atoms with Gasteiger partial charge >= 0.3 is 51.4 Å². The zero-order chi connectivity index (χ0) is 7.98. The van der Waals surface area contributed by atoms with Gasteiger partial charge in [0, 0.05) is 0 Å². The molecule has 0 unspecified atom stereocenters. The second-order valence-electron chi connectivity index (χ2n) is 1.81. The van der Waals surface area contributed by atoms with Crippen molar-refractivity contribution in [1.82, 2.24) is 0 Å². The smallest absolute Gasteiger partial charge is 0.780 e. The minimum atomic E-state index is 0. The molecule has 11 heavy (non-hydrogen) atoms. The number of hydrogen-bond acceptors (Lipinski definition) is 1. The first-order chi connectivity index (χ1) is 4.79. The van der Waals surface area contributed by atoms with Crippen LogP contribution in [0, 0.1) is 6.92 Å². The van der Waals surface area contributed by atoms with Crippen LogP contribution >= 0.6 is 0 Å². The largest absolute Gasteiger partial charge is 1.00 e. The SMILES string of the molecule is CC.Cc1ccc([S-])cc1.[K+]. The minimum absolute atomic E-state index is 0. The van der Waals surface area contributed by atoms with Gasteiger partial charge in [-0.15, -0.1) is 0 Å². The summed E-state index contributed by atoms with van der Waals surface area (Å²) in [6, 6.07) is 7.90. The summed E-state index contributed by atoms with van der Waals surface area (Å²) < 4.78 is 0. The molecule has 0 saturated carbocycles. The Bertz CT molecular complexity index is 148. The van der Waals surface area contributed by atoms with Gasteiger partial charge in [0.05, 0.1) is 0 Å². The van der Waals surface area contributed by atoms with E-state index in [1.54, 1.807) is 0 Å². The summed E-state index contributed by atoms with van der Waals surface area (Å²) in [5.41, 5.74) is 1.26. The summed E-state index contributed by atoms with van der Waals surface area (Å²) in [5, 5.41) is 0. The Morgan fingerprint density at radius 1 is 1.00 bits per heavy atom. The molecular formula is C9H13KS. The molecule has 0 spiro atoms. The van der Waals surface area contributed by atoms with Crippen molar-refractivity contribution in [2.75, 3.05) is 0 Å². The van der Waals surface area contributed by atoms with E-state index in [1.165, 1.54) is 5.56 Å². The first-order valence-corrected chi connectivity index (χ1v) is 3.93. The third-order valence-electron chi connectivity index (χ3n) is 1.02. The van der Waals surface area contributed by atoms with Crippen LogP contribution in [0.1, 0.15) is 19.4 Å². The van der Waals surface area contributed by atoms with Crippen LogP contribution in [0.3, 0.4) is 0 Å². The van der Waals surface area contributed by atoms with E-state index in [1.807, 2.05) is 38.1 Å². The summed E-state index contributed by atoms with van der Waals surface area (Å²) in [6.45, 7) is 6.05. The van der Waals surface area contributed by atoms with Crippen LogP contribution in [0.2, 0.25) is 0 Å². The molecule has 0 nitrogen and oxygen atoms in total. The van der Waals surface area contributed by atoms with Crippen molar-refractivity contribution < 1.29 is 51.4 Å². The summed E-state index contributed by atoms with van der Waals surface area (Å²) in [4.78, 5) is 0.913. The zero-order valence-electron chi connectivity index (χ0n) is 7.72. The Morgan fingerprint density at radius 2 is 1.36 bits per heavy atom. The van der Waals surface area contributed by atoms with Gasteiger partial charge in [-0.05, 0) is 6.92 Å². The summed E-state index contributed by atoms with van der Waals surface area (Å²) >= 11 is 4.87. The molecule has 56 valence electrons. The van der Waals surface area contributed by atoms with Crippen molar-refractivity contribution in [3.05, 3.63) is 29.8 Å². The van der Waals surface area contributed by atoms with Gasteiger partial charge in [-0.25, -0.2) is 0 Å². The normalized spacial score (nSPS) is 7.18. The quantitative estimate of drug-likeness (QED) is 0.410. The van der Waals surface area contributed by atoms with Crippen molar-refractivity contribution in [2.24, 2.45) is 0 Å². The molecule has 2 heteroatoms. The number of benzene rings is 1. The summed E-state index contributed by atoms with van der Waals surface area (Å²) in [6.07, 6.45) is 0. The van der Waals surface area contributed by atoms with Gasteiger partial charge in [-0.2, -0.15) is 4.90 Å². The van der Waals surface area contributed by atoms with Gasteiger partial charge in [-0.1, -0.05) is 43.7 Å². The van der Waals surface area contributed by atoms with Crippen molar-refractivity contribution in [3.63, 3.8) is 0 Å². The van der Waals surface area contributed by atoms with E-state index in [4.69, 9.17) is 12.6 Å². The monoisotopic (exact) mass is 192 g/mol. The molecule has 1 aromatic rings. The van der Waals surface area contributed by atoms with E-state index >= 15 is 0 Å². The van der Waals surface area contributed by atoms with Crippen molar-refractivity contribution in [1.29, 1.82) is 0 Å². The fourth-order valence-electron chi connectivity index (χ4n) is 0.538. The molecule has 0 bridgehead atoms. The third kappa shape index (κ3) is 7.44. The Morgan fingerprint density at radius 3 is 1.64 bits per heavy atom. The number of hydrogen-bond donors (Lipinski definition) is 0. The van der Waals surface area contributed by atoms with E-state index in [-0.39, 0.29) is 51.4 Å². The molecule has 0 N–H and O–H groups in total. The molecule has 0 aliphatic carbocycles. The Hall–Kier alpha value is 1.08. The van der Waals surface area contributed by atoms with Crippen LogP contribution < -0.4 is 51.4 Å². The molecule has 0 heterocycles. The van der Waals surface area contributed by atoms with Crippen molar-refractivity contribution in [2.45, 2.75) is 25.7 Å². The first-order valence-electron chi connectivity index (χ1n) is 3.53. The van der Waals surface area contributed by atoms with Crippen LogP contribution in [0.15, 0.2) is 29.2 Å². The predicted molar refractivity (Wildman–Crippen MR) is 48.2 cm³/mol. The van der Waals surface area contributed by atoms with E-state index < -0.39 is 0 Å². The third-order valence-corrected chi connectivity index (χ3v) is 1.29. The second kappa shape index (κ2) is 9.17. The van der Waals surface area contributed by atoms with Crippen LogP contribution in [0.5, 0.6) is 0 Å². The van der Waals surface area contributed by atoms with Gasteiger partial charge in [0.25, 0.3) is 0 Å². The van der Waals surface area contributed by atoms with Gasteiger partial charge in [0.2, 0.25) is 0 Å². The molecule has 0 amide bonds. The predicted octanol–water partition coefficient (Wildman–Crippen LogP) is -0.0690. The Kier molecular flexibility index (Phi) is 12.2. The van der Waals surface area contributed by atoms with Crippen LogP contribution in [0.4, 0.5) is 0 Å². The van der Waals surface area contributed by atoms with E-state index in [0.29, 0.717) is 0 Å². The Labute approximate surface area is 118 Å². The number of rotatable bonds is 0. The molecule has 0 fully saturated rings. The summed E-state index contributed by atoms with van der Waals surface area (Å²) in [7, 11) is 0. The maximum Gasteiger partial charge on any atom is 1.00 e. The van der Waals surface area contributed by atoms with Crippen molar-refractivity contribution in [3.8, 4) is 0 Å². The molecule has 0 aliphatic rings. The molecule has 0 saturated heterocycles. The zero-order valence-corrected chi connectivity index (χ0v) is 11.7. The molecule has 1 aromatic carbocycles. The van der Waals surface area contributed by atoms with E-state index in [0.717, 1.165) is 4.90 Å². The fraction of sp³-hybridized carbons (Fsp3) is 0.333. The van der Waals surface area contributed by atoms with Gasteiger partial charge in [0.1, 0.15) is 0 Å². The summed E-state index contributed by atoms with van der Waals surface area (Å²) in [5.74, 6) is 0. The maximum atomic E-state index is 4.87. The van der Waals surface area contributed by atoms with Crippen LogP contribution in [-0.2, 0) is 12.6 Å². The molecular weight excluding hydrogens is 179 g/mol. The molecule has 0 atom stereocenters. The van der Waals surface area contributed by atoms with Crippen molar-refractivity contribution >= 4 is 12.6 Å². The van der Waals surface area contributed by atoms with E-state index in [2.05, 4.69) is 6.92 Å². The minimum Gasteiger partial charge on any atom is -0.780 e. The van der Waals surface area contributed by atoms with Crippen LogP contribution in [-0.4, -0.2) is 0 Å². The fourth-order valence-corrected chi connectivity index (χ4v) is 0.674. The molecule has 0 aromatic heterocycles. The number of aryl methyl sites for hydroxylation is 1. The maximum absolute atomic E-state index is 4.87. The van der Waals surface area contributed by atoms with Gasteiger partial charge in [-0.3, -0.25) is 0 Å². The van der Waals surface area contributed by atoms with Crippen LogP contribution in [0.25, 0.3) is 0 Å². The standard InChI is InChI=1S/C7H8S.C2H6.K/c1-6-2-4-7(8)5-3-6;1-2;/h2-5,8H,1H3;1-2H3;/q;;+1/p-1. The molecule has 0 radical (unpaired) electrons. The Balaban J connectivity index is 0.